The summed E-state index contributed by atoms with van der Waals surface area (Å²) in [4.78, 5) is 210. The first-order chi connectivity index (χ1) is 63.1. The second-order valence-corrected chi connectivity index (χ2v) is 32.9. The first kappa shape index (κ1) is 97.5. The van der Waals surface area contributed by atoms with Crippen molar-refractivity contribution in [3.63, 3.8) is 0 Å². The Balaban J connectivity index is 0.687. The summed E-state index contributed by atoms with van der Waals surface area (Å²) in [5.41, 5.74) is -9.20. The van der Waals surface area contributed by atoms with E-state index in [0.29, 0.717) is 0 Å². The topological polar surface area (TPSA) is 631 Å². The van der Waals surface area contributed by atoms with E-state index < -0.39 is 348 Å². The highest BCUT2D eigenvalue weighted by molar-refractivity contribution is 6.34. The van der Waals surface area contributed by atoms with Gasteiger partial charge in [-0.3, -0.25) is 71.9 Å². The molecule has 3 amide bonds. The number of phenolic OH excluding ortho intramolecular Hbond substituents is 6. The van der Waals surface area contributed by atoms with Gasteiger partial charge in [0.15, 0.2) is 62.3 Å². The zero-order chi connectivity index (χ0) is 96.6. The number of ketones is 9. The van der Waals surface area contributed by atoms with Crippen molar-refractivity contribution in [2.75, 3.05) is 54.4 Å². The number of phenols is 6. The SMILES string of the molecule is CCOC(CC)O[C@H]1C[C@](O)(C(=O)COC(=O)CCC(=O)NC(NC(=O)CCC(=O)OCC(=O)[C@]2(O)Cc3c(O)c4c(c(O)c3[C@@H](OC(CC)OCC)C2)C(=O)c2c(OC)cccc2C4=O)NC(=O)CCC(=O)OCC(=O)[C@]2(O)Cc3c(O)c4c(c(O)c3[C@@H](OC3CC(N)C(O)C(C)O3)C2)C(=O)c2c(OC)cccc2C4=O)Cc2c(O)c3c(c(O)c21)C(=O)c1c(OC)cccc1C3=O. The van der Waals surface area contributed by atoms with Crippen molar-refractivity contribution in [1.82, 2.24) is 16.0 Å². The molecule has 12 atom stereocenters. The van der Waals surface area contributed by atoms with Crippen LogP contribution in [0.4, 0.5) is 0 Å². The Morgan fingerprint density at radius 3 is 1.03 bits per heavy atom. The summed E-state index contributed by atoms with van der Waals surface area (Å²) < 4.78 is 67.6. The van der Waals surface area contributed by atoms with Crippen LogP contribution in [0.1, 0.15) is 259 Å². The minimum Gasteiger partial charge on any atom is -0.507 e. The first-order valence-corrected chi connectivity index (χ1v) is 42.7. The Kier molecular flexibility index (Phi) is 28.9. The maximum atomic E-state index is 14.4. The summed E-state index contributed by atoms with van der Waals surface area (Å²) in [6, 6.07) is 11.3. The number of amides is 3. The van der Waals surface area contributed by atoms with Gasteiger partial charge in [-0.25, -0.2) is 0 Å². The number of esters is 3. The number of benzene rings is 6. The Labute approximate surface area is 756 Å². The van der Waals surface area contributed by atoms with E-state index in [0.717, 1.165) is 0 Å². The van der Waals surface area contributed by atoms with E-state index in [9.17, 15) is 123 Å². The van der Waals surface area contributed by atoms with Crippen LogP contribution in [0, 0.1) is 0 Å². The molecule has 6 aliphatic carbocycles. The molecule has 1 aliphatic heterocycles. The van der Waals surface area contributed by atoms with Gasteiger partial charge in [-0.05, 0) is 51.8 Å². The molecule has 7 aliphatic rings. The molecule has 6 unspecified atom stereocenters. The van der Waals surface area contributed by atoms with E-state index in [4.69, 9.17) is 62.6 Å². The Bertz CT molecular complexity index is 5600. The fourth-order valence-electron chi connectivity index (χ4n) is 17.9. The predicted molar refractivity (Wildman–Crippen MR) is 448 cm³/mol. The average Bonchev–Trinajstić information content (AvgIpc) is 0.717. The molecule has 0 radical (unpaired) electrons. The van der Waals surface area contributed by atoms with Gasteiger partial charge in [0.1, 0.15) is 68.5 Å². The van der Waals surface area contributed by atoms with Gasteiger partial charge in [0.2, 0.25) is 52.4 Å². The standard InChI is InChI=1S/C92H98N4O37/c1-9-61(125-11-3)131-49-32-90(119,29-42-67(49)86(116)73-70(80(42)110)77(107)39-16-13-19-46(122-6)64(39)83(73)113)52(97)35-127-58(103)25-22-55(100)94-89(95-56(101)23-26-59(104)128-36-53(98)91(120)30-43-68(50(33-91)132-62(10-2)126-12-4)87(117)74-71(81(43)111)78(108)40-17-14-20-47(123-7)65(40)84(74)114)96-57(102)24-27-60(105)129-37-54(99)92(121)31-44-69(51(34-92)133-63-28-45(93)76(106)38(5)130-63)88(118)75-72(82(44)112)79(109)41-18-15-21-48(124-8)66(41)85(75)115/h13-21,38,45,49-51,61-63,76,89,106,110-112,116-121H,9-12,22-37,93H2,1-8H3,(H,94,100)(H,95,101)(H,96,102)/t38?,45?,49-,50-,51-,61?,62?,63?,76?,89?,90-,91-,92-/m0/s1. The summed E-state index contributed by atoms with van der Waals surface area (Å²) in [7, 11) is 3.73. The van der Waals surface area contributed by atoms with E-state index in [-0.39, 0.29) is 99.8 Å². The van der Waals surface area contributed by atoms with Gasteiger partial charge in [0.05, 0.1) is 121 Å². The fraction of sp³-hybridized carbons (Fsp3) is 0.446. The number of aliphatic hydroxyl groups excluding tert-OH is 1. The van der Waals surface area contributed by atoms with Crippen molar-refractivity contribution in [1.29, 1.82) is 0 Å². The van der Waals surface area contributed by atoms with Gasteiger partial charge in [0.25, 0.3) is 0 Å². The predicted octanol–water partition coefficient (Wildman–Crippen LogP) is 3.56. The molecule has 0 aromatic heterocycles. The summed E-state index contributed by atoms with van der Waals surface area (Å²) in [5.74, 6) is -22.1. The number of nitrogens with two attached hydrogens (primary N) is 1. The van der Waals surface area contributed by atoms with Gasteiger partial charge in [0, 0.05) is 134 Å². The highest BCUT2D eigenvalue weighted by Crippen LogP contribution is 2.57. The third-order valence-electron chi connectivity index (χ3n) is 24.5. The van der Waals surface area contributed by atoms with Crippen LogP contribution in [0.15, 0.2) is 54.6 Å². The highest BCUT2D eigenvalue weighted by Gasteiger charge is 2.55. The second-order valence-electron chi connectivity index (χ2n) is 32.9. The molecule has 15 N–H and O–H groups in total. The number of fused-ring (bicyclic) bond motifs is 9. The largest absolute Gasteiger partial charge is 0.507 e. The third-order valence-corrected chi connectivity index (χ3v) is 24.5. The van der Waals surface area contributed by atoms with E-state index in [1.54, 1.807) is 27.7 Å². The maximum Gasteiger partial charge on any atom is 0.306 e. The number of hydrogen-bond acceptors (Lipinski definition) is 38. The van der Waals surface area contributed by atoms with Crippen molar-refractivity contribution in [2.24, 2.45) is 5.73 Å². The Morgan fingerprint density at radius 2 is 0.737 bits per heavy atom. The zero-order valence-electron chi connectivity index (χ0n) is 73.2. The number of aliphatic hydroxyl groups is 4. The van der Waals surface area contributed by atoms with Crippen LogP contribution in [0.3, 0.4) is 0 Å². The van der Waals surface area contributed by atoms with E-state index in [2.05, 4.69) is 16.0 Å². The quantitative estimate of drug-likeness (QED) is 0.0115. The third kappa shape index (κ3) is 18.7. The highest BCUT2D eigenvalue weighted by atomic mass is 16.7. The number of carbonyl (C=O) groups is 15. The normalized spacial score (nSPS) is 22.5. The van der Waals surface area contributed by atoms with Crippen molar-refractivity contribution in [3.05, 3.63) is 155 Å². The molecule has 133 heavy (non-hydrogen) atoms. The number of hydrogen-bond donors (Lipinski definition) is 14. The van der Waals surface area contributed by atoms with E-state index in [1.165, 1.54) is 82.9 Å². The number of methoxy groups -OCH3 is 3. The number of nitrogens with one attached hydrogen (secondary N) is 3. The van der Waals surface area contributed by atoms with Crippen LogP contribution in [0.5, 0.6) is 51.7 Å². The molecule has 13 rings (SSSR count). The Morgan fingerprint density at radius 1 is 0.436 bits per heavy atom. The number of aromatic hydroxyl groups is 6. The number of rotatable bonds is 36. The van der Waals surface area contributed by atoms with Crippen LogP contribution >= 0.6 is 0 Å². The molecule has 1 fully saturated rings. The lowest BCUT2D eigenvalue weighted by Gasteiger charge is -2.42. The summed E-state index contributed by atoms with van der Waals surface area (Å²) in [6.45, 7) is 4.46. The molecule has 1 heterocycles. The lowest BCUT2D eigenvalue weighted by atomic mass is 9.72. The Hall–Kier alpha value is -13.1. The van der Waals surface area contributed by atoms with Gasteiger partial charge >= 0.3 is 17.9 Å². The number of Topliss-reactive ketones (excluding diaryl/α,β-unsaturated/α-hetero) is 3. The van der Waals surface area contributed by atoms with Crippen LogP contribution in [0.25, 0.3) is 0 Å². The average molecular weight is 1850 g/mol. The molecule has 708 valence electrons. The van der Waals surface area contributed by atoms with Crippen LogP contribution in [0.2, 0.25) is 0 Å². The number of carbonyl (C=O) groups excluding carboxylic acids is 15. The monoisotopic (exact) mass is 1850 g/mol. The molecule has 1 saturated heterocycles. The minimum absolute atomic E-state index is 0.0259. The lowest BCUT2D eigenvalue weighted by molar-refractivity contribution is -0.247. The molecule has 0 bridgehead atoms. The molecule has 41 heteroatoms. The molecule has 0 spiro atoms. The van der Waals surface area contributed by atoms with Gasteiger partial charge < -0.3 is 130 Å². The lowest BCUT2D eigenvalue weighted by Crippen LogP contribution is -2.58. The summed E-state index contributed by atoms with van der Waals surface area (Å²) >= 11 is 0. The maximum absolute atomic E-state index is 14.4. The minimum atomic E-state index is -2.72. The van der Waals surface area contributed by atoms with Gasteiger partial charge in [-0.1, -0.05) is 50.2 Å². The smallest absolute Gasteiger partial charge is 0.306 e. The molecule has 0 saturated carbocycles. The van der Waals surface area contributed by atoms with Crippen LogP contribution < -0.4 is 35.9 Å². The van der Waals surface area contributed by atoms with Crippen molar-refractivity contribution < 1.29 is 180 Å². The van der Waals surface area contributed by atoms with Crippen molar-refractivity contribution >= 4 is 87.7 Å². The van der Waals surface area contributed by atoms with E-state index >= 15 is 0 Å². The zero-order valence-corrected chi connectivity index (χ0v) is 73.2. The molecule has 6 aromatic rings. The number of ether oxygens (including phenoxy) is 12. The van der Waals surface area contributed by atoms with Gasteiger partial charge in [-0.2, -0.15) is 0 Å². The van der Waals surface area contributed by atoms with Crippen LogP contribution in [-0.4, -0.2) is 253 Å². The summed E-state index contributed by atoms with van der Waals surface area (Å²) in [6.07, 6.45) is -22.8. The molecular weight excluding hydrogens is 1750 g/mol. The molecule has 6 aromatic carbocycles. The first-order valence-electron chi connectivity index (χ1n) is 42.7. The summed E-state index contributed by atoms with van der Waals surface area (Å²) in [5, 5.41) is 126. The van der Waals surface area contributed by atoms with Crippen molar-refractivity contribution in [2.45, 2.75) is 209 Å². The fourth-order valence-corrected chi connectivity index (χ4v) is 17.9. The van der Waals surface area contributed by atoms with Crippen LogP contribution in [-0.2, 0) is 105 Å². The van der Waals surface area contributed by atoms with Crippen molar-refractivity contribution in [3.8, 4) is 51.7 Å². The molecular formula is C92H98N4O37. The van der Waals surface area contributed by atoms with E-state index in [1.807, 2.05) is 0 Å². The second kappa shape index (κ2) is 39.4. The molecule has 41 nitrogen and oxygen atoms in total. The van der Waals surface area contributed by atoms with Gasteiger partial charge in [-0.15, -0.1) is 0 Å².